The van der Waals surface area contributed by atoms with Crippen molar-refractivity contribution >= 4 is 32.5 Å². The monoisotopic (exact) mass is 432 g/mol. The van der Waals surface area contributed by atoms with Crippen LogP contribution in [0, 0.1) is 18.3 Å². The number of nitrogens with one attached hydrogen (secondary N) is 1. The molecule has 9 heteroatoms. The Kier molecular flexibility index (Phi) is 5.01. The van der Waals surface area contributed by atoms with Gasteiger partial charge in [-0.25, -0.2) is 18.4 Å². The highest BCUT2D eigenvalue weighted by Crippen LogP contribution is 2.27. The molecule has 0 saturated heterocycles. The lowest BCUT2D eigenvalue weighted by Gasteiger charge is -2.08. The van der Waals surface area contributed by atoms with E-state index in [0.29, 0.717) is 22.7 Å². The molecule has 1 N–H and O–H groups in total. The molecule has 0 atom stereocenters. The third kappa shape index (κ3) is 4.15. The van der Waals surface area contributed by atoms with Crippen LogP contribution in [-0.4, -0.2) is 30.5 Å². The quantitative estimate of drug-likeness (QED) is 0.521. The van der Waals surface area contributed by atoms with E-state index in [2.05, 4.69) is 15.3 Å². The number of sulfone groups is 1. The van der Waals surface area contributed by atoms with Gasteiger partial charge in [0.15, 0.2) is 15.4 Å². The van der Waals surface area contributed by atoms with E-state index in [1.807, 2.05) is 31.2 Å². The van der Waals surface area contributed by atoms with E-state index in [4.69, 9.17) is 9.68 Å². The number of carbonyl (C=O) groups excluding carboxylic acids is 1. The van der Waals surface area contributed by atoms with Crippen molar-refractivity contribution in [3.05, 3.63) is 71.5 Å². The molecule has 8 nitrogen and oxygen atoms in total. The predicted octanol–water partition coefficient (Wildman–Crippen LogP) is 3.73. The summed E-state index contributed by atoms with van der Waals surface area (Å²) < 4.78 is 29.8. The van der Waals surface area contributed by atoms with Gasteiger partial charge in [-0.05, 0) is 49.4 Å². The smallest absolute Gasteiger partial charge is 0.275 e. The van der Waals surface area contributed by atoms with Crippen molar-refractivity contribution in [1.29, 1.82) is 5.26 Å². The zero-order valence-electron chi connectivity index (χ0n) is 16.6. The van der Waals surface area contributed by atoms with Gasteiger partial charge in [-0.2, -0.15) is 5.26 Å². The number of amides is 1. The van der Waals surface area contributed by atoms with Gasteiger partial charge in [0.25, 0.3) is 5.91 Å². The Bertz CT molecular complexity index is 1470. The van der Waals surface area contributed by atoms with E-state index in [-0.39, 0.29) is 16.3 Å². The summed E-state index contributed by atoms with van der Waals surface area (Å²) in [6, 6.07) is 16.9. The van der Waals surface area contributed by atoms with Crippen LogP contribution >= 0.6 is 0 Å². The van der Waals surface area contributed by atoms with E-state index in [0.717, 1.165) is 17.4 Å². The zero-order valence-corrected chi connectivity index (χ0v) is 17.4. The summed E-state index contributed by atoms with van der Waals surface area (Å²) in [5.74, 6) is -0.305. The second-order valence-electron chi connectivity index (χ2n) is 6.95. The molecule has 2 aromatic carbocycles. The normalized spacial score (nSPS) is 11.3. The van der Waals surface area contributed by atoms with Crippen LogP contribution in [0.3, 0.4) is 0 Å². The maximum Gasteiger partial charge on any atom is 0.275 e. The largest absolute Gasteiger partial charge is 0.436 e. The third-order valence-electron chi connectivity index (χ3n) is 4.53. The van der Waals surface area contributed by atoms with Gasteiger partial charge < -0.3 is 9.73 Å². The number of oxazole rings is 1. The second-order valence-corrected chi connectivity index (χ2v) is 8.93. The highest BCUT2D eigenvalue weighted by molar-refractivity contribution is 7.90. The first kappa shape index (κ1) is 20.3. The third-order valence-corrected chi connectivity index (χ3v) is 5.66. The number of aryl methyl sites for hydroxylation is 1. The van der Waals surface area contributed by atoms with Crippen molar-refractivity contribution in [2.45, 2.75) is 11.8 Å². The predicted molar refractivity (Wildman–Crippen MR) is 114 cm³/mol. The maximum atomic E-state index is 12.8. The molecule has 4 aromatic rings. The highest BCUT2D eigenvalue weighted by Gasteiger charge is 2.22. The number of fused-ring (bicyclic) bond motifs is 1. The van der Waals surface area contributed by atoms with Gasteiger partial charge in [-0.15, -0.1) is 0 Å². The molecule has 0 saturated carbocycles. The number of hydrogen-bond acceptors (Lipinski definition) is 7. The molecule has 0 fully saturated rings. The first-order chi connectivity index (χ1) is 14.7. The van der Waals surface area contributed by atoms with Crippen molar-refractivity contribution in [2.75, 3.05) is 11.6 Å². The minimum atomic E-state index is -3.72. The lowest BCUT2D eigenvalue weighted by Crippen LogP contribution is -2.18. The molecule has 1 amide bonds. The first-order valence-corrected chi connectivity index (χ1v) is 11.0. The van der Waals surface area contributed by atoms with Crippen molar-refractivity contribution in [2.24, 2.45) is 0 Å². The SMILES string of the molecule is Cc1ccc(-c2nc3cc(NC(=O)c4nc(C#N)ccc4S(C)(=O)=O)ccc3o2)cc1. The summed E-state index contributed by atoms with van der Waals surface area (Å²) in [6.45, 7) is 1.99. The van der Waals surface area contributed by atoms with Crippen molar-refractivity contribution in [3.8, 4) is 17.5 Å². The van der Waals surface area contributed by atoms with Gasteiger partial charge in [0.1, 0.15) is 23.0 Å². The molecule has 0 aliphatic heterocycles. The average Bonchev–Trinajstić information content (AvgIpc) is 3.16. The molecule has 31 heavy (non-hydrogen) atoms. The number of carbonyl (C=O) groups is 1. The first-order valence-electron chi connectivity index (χ1n) is 9.15. The lowest BCUT2D eigenvalue weighted by molar-refractivity contribution is 0.101. The van der Waals surface area contributed by atoms with Crippen LogP contribution < -0.4 is 5.32 Å². The minimum Gasteiger partial charge on any atom is -0.436 e. The number of pyridine rings is 1. The fraction of sp³-hybridized carbons (Fsp3) is 0.0909. The molecular formula is C22H16N4O4S. The van der Waals surface area contributed by atoms with Crippen molar-refractivity contribution in [1.82, 2.24) is 9.97 Å². The standard InChI is InChI=1S/C22H16N4O4S/c1-13-3-5-14(6-4-13)22-26-17-11-15(7-9-18(17)30-22)25-21(27)20-19(31(2,28)29)10-8-16(12-23)24-20/h3-11H,1-2H3,(H,25,27). The molecule has 154 valence electrons. The Morgan fingerprint density at radius 1 is 1.06 bits per heavy atom. The number of nitriles is 1. The average molecular weight is 432 g/mol. The minimum absolute atomic E-state index is 0.0627. The fourth-order valence-corrected chi connectivity index (χ4v) is 3.79. The molecule has 0 radical (unpaired) electrons. The highest BCUT2D eigenvalue weighted by atomic mass is 32.2. The molecule has 2 heterocycles. The second kappa shape index (κ2) is 7.66. The number of benzene rings is 2. The summed E-state index contributed by atoms with van der Waals surface area (Å²) in [6.07, 6.45) is 0.973. The van der Waals surface area contributed by atoms with E-state index < -0.39 is 15.7 Å². The summed E-state index contributed by atoms with van der Waals surface area (Å²) in [7, 11) is -3.72. The van der Waals surface area contributed by atoms with Gasteiger partial charge >= 0.3 is 0 Å². The number of anilines is 1. The number of hydrogen-bond donors (Lipinski definition) is 1. The number of rotatable bonds is 4. The molecule has 0 unspecified atom stereocenters. The summed E-state index contributed by atoms with van der Waals surface area (Å²) in [5.41, 5.74) is 2.97. The van der Waals surface area contributed by atoms with Crippen LogP contribution in [0.4, 0.5) is 5.69 Å². The van der Waals surface area contributed by atoms with Crippen LogP contribution in [0.5, 0.6) is 0 Å². The number of aromatic nitrogens is 2. The molecular weight excluding hydrogens is 416 g/mol. The lowest BCUT2D eigenvalue weighted by atomic mass is 10.1. The summed E-state index contributed by atoms with van der Waals surface area (Å²) in [5, 5.41) is 11.7. The molecule has 4 rings (SSSR count). The molecule has 0 aliphatic carbocycles. The Morgan fingerprint density at radius 3 is 2.48 bits per heavy atom. The molecule has 0 spiro atoms. The topological polar surface area (TPSA) is 126 Å². The zero-order chi connectivity index (χ0) is 22.2. The summed E-state index contributed by atoms with van der Waals surface area (Å²) >= 11 is 0. The molecule has 0 aliphatic rings. The van der Waals surface area contributed by atoms with Crippen molar-refractivity contribution < 1.29 is 17.6 Å². The maximum absolute atomic E-state index is 12.8. The molecule has 2 aromatic heterocycles. The van der Waals surface area contributed by atoms with Crippen LogP contribution in [-0.2, 0) is 9.84 Å². The van der Waals surface area contributed by atoms with E-state index >= 15 is 0 Å². The van der Waals surface area contributed by atoms with Gasteiger partial charge in [0.2, 0.25) is 5.89 Å². The van der Waals surface area contributed by atoms with Crippen LogP contribution in [0.25, 0.3) is 22.6 Å². The van der Waals surface area contributed by atoms with Crippen LogP contribution in [0.2, 0.25) is 0 Å². The molecule has 0 bridgehead atoms. The van der Waals surface area contributed by atoms with Gasteiger partial charge in [0, 0.05) is 17.5 Å². The summed E-state index contributed by atoms with van der Waals surface area (Å²) in [4.78, 5) is 20.8. The Balaban J connectivity index is 1.67. The fourth-order valence-electron chi connectivity index (χ4n) is 2.99. The Hall–Kier alpha value is -4.03. The van der Waals surface area contributed by atoms with Gasteiger partial charge in [-0.1, -0.05) is 17.7 Å². The van der Waals surface area contributed by atoms with Crippen LogP contribution in [0.15, 0.2) is 63.9 Å². The Labute approximate surface area is 178 Å². The number of nitrogens with zero attached hydrogens (tertiary/aromatic N) is 3. The van der Waals surface area contributed by atoms with Gasteiger partial charge in [-0.3, -0.25) is 4.79 Å². The van der Waals surface area contributed by atoms with E-state index in [1.54, 1.807) is 24.3 Å². The van der Waals surface area contributed by atoms with E-state index in [1.165, 1.54) is 12.1 Å². The van der Waals surface area contributed by atoms with Crippen LogP contribution in [0.1, 0.15) is 21.7 Å². The van der Waals surface area contributed by atoms with E-state index in [9.17, 15) is 13.2 Å². The van der Waals surface area contributed by atoms with Gasteiger partial charge in [0.05, 0.1) is 4.90 Å². The van der Waals surface area contributed by atoms with Crippen molar-refractivity contribution in [3.63, 3.8) is 0 Å². The Morgan fingerprint density at radius 2 is 1.81 bits per heavy atom.